The van der Waals surface area contributed by atoms with E-state index in [4.69, 9.17) is 9.15 Å². The maximum absolute atomic E-state index is 12.1. The van der Waals surface area contributed by atoms with Crippen LogP contribution in [0.3, 0.4) is 0 Å². The van der Waals surface area contributed by atoms with Crippen LogP contribution < -0.4 is 10.1 Å². The highest BCUT2D eigenvalue weighted by atomic mass is 79.9. The normalized spacial score (nSPS) is 10.5. The van der Waals surface area contributed by atoms with Crippen LogP contribution in [0.2, 0.25) is 0 Å². The number of anilines is 1. The van der Waals surface area contributed by atoms with E-state index < -0.39 is 0 Å². The van der Waals surface area contributed by atoms with Gasteiger partial charge in [0.15, 0.2) is 5.76 Å². The van der Waals surface area contributed by atoms with E-state index in [1.165, 1.54) is 11.8 Å². The minimum Gasteiger partial charge on any atom is -0.495 e. The second kappa shape index (κ2) is 8.22. The van der Waals surface area contributed by atoms with Gasteiger partial charge in [-0.15, -0.1) is 0 Å². The number of nitrogens with zero attached hydrogens (tertiary/aromatic N) is 1. The second-order valence-electron chi connectivity index (χ2n) is 5.03. The third-order valence-electron chi connectivity index (χ3n) is 3.32. The van der Waals surface area contributed by atoms with E-state index in [0.717, 1.165) is 10.0 Å². The number of carbonyl (C=O) groups is 1. The number of aromatic nitrogens is 1. The molecule has 0 aliphatic carbocycles. The number of carbonyl (C=O) groups excluding carboxylic acids is 1. The molecule has 3 rings (SSSR count). The van der Waals surface area contributed by atoms with Crippen molar-refractivity contribution in [3.8, 4) is 17.1 Å². The predicted octanol–water partition coefficient (Wildman–Crippen LogP) is 4.84. The van der Waals surface area contributed by atoms with Crippen LogP contribution in [0.15, 0.2) is 68.8 Å². The minimum atomic E-state index is -0.155. The van der Waals surface area contributed by atoms with Gasteiger partial charge in [0, 0.05) is 10.0 Å². The van der Waals surface area contributed by atoms with Crippen LogP contribution in [0.1, 0.15) is 0 Å². The Labute approximate surface area is 157 Å². The molecule has 0 fully saturated rings. The largest absolute Gasteiger partial charge is 0.495 e. The molecule has 1 aromatic heterocycles. The van der Waals surface area contributed by atoms with Gasteiger partial charge in [-0.3, -0.25) is 4.79 Å². The Hall–Kier alpha value is -2.25. The Bertz CT molecular complexity index is 865. The van der Waals surface area contributed by atoms with Gasteiger partial charge in [-0.25, -0.2) is 4.98 Å². The molecule has 0 unspecified atom stereocenters. The number of para-hydroxylation sites is 2. The molecule has 0 radical (unpaired) electrons. The summed E-state index contributed by atoms with van der Waals surface area (Å²) < 4.78 is 11.9. The summed E-state index contributed by atoms with van der Waals surface area (Å²) in [7, 11) is 1.57. The molecule has 2 aromatic carbocycles. The van der Waals surface area contributed by atoms with E-state index in [1.54, 1.807) is 25.4 Å². The lowest BCUT2D eigenvalue weighted by molar-refractivity contribution is -0.113. The number of hydrogen-bond acceptors (Lipinski definition) is 5. The first-order valence-corrected chi connectivity index (χ1v) is 9.21. The quantitative estimate of drug-likeness (QED) is 0.579. The number of thioether (sulfide) groups is 1. The fourth-order valence-corrected chi connectivity index (χ4v) is 3.00. The van der Waals surface area contributed by atoms with Gasteiger partial charge in [0.05, 0.1) is 24.7 Å². The van der Waals surface area contributed by atoms with Gasteiger partial charge in [-0.1, -0.05) is 52.0 Å². The number of hydrogen-bond donors (Lipinski definition) is 1. The first kappa shape index (κ1) is 17.6. The van der Waals surface area contributed by atoms with E-state index in [9.17, 15) is 4.79 Å². The Kier molecular flexibility index (Phi) is 5.78. The Balaban J connectivity index is 1.58. The third kappa shape index (κ3) is 4.64. The van der Waals surface area contributed by atoms with Gasteiger partial charge in [0.2, 0.25) is 5.91 Å². The number of rotatable bonds is 6. The molecule has 0 bridgehead atoms. The van der Waals surface area contributed by atoms with Crippen molar-refractivity contribution >= 4 is 39.3 Å². The zero-order chi connectivity index (χ0) is 17.6. The lowest BCUT2D eigenvalue weighted by Crippen LogP contribution is -2.14. The summed E-state index contributed by atoms with van der Waals surface area (Å²) in [6.07, 6.45) is 1.66. The predicted molar refractivity (Wildman–Crippen MR) is 102 cm³/mol. The van der Waals surface area contributed by atoms with Gasteiger partial charge >= 0.3 is 0 Å². The van der Waals surface area contributed by atoms with Crippen LogP contribution in [0.5, 0.6) is 5.75 Å². The molecular weight excluding hydrogens is 404 g/mol. The molecule has 0 atom stereocenters. The zero-order valence-electron chi connectivity index (χ0n) is 13.4. The zero-order valence-corrected chi connectivity index (χ0v) is 15.8. The molecule has 1 N–H and O–H groups in total. The SMILES string of the molecule is COc1ccccc1NC(=O)CSc1ncc(-c2ccc(Br)cc2)o1. The fourth-order valence-electron chi connectivity index (χ4n) is 2.13. The van der Waals surface area contributed by atoms with E-state index in [0.29, 0.717) is 22.4 Å². The van der Waals surface area contributed by atoms with Crippen LogP contribution in [0, 0.1) is 0 Å². The first-order chi connectivity index (χ1) is 12.2. The number of nitrogens with one attached hydrogen (secondary N) is 1. The van der Waals surface area contributed by atoms with Crippen molar-refractivity contribution in [1.29, 1.82) is 0 Å². The molecule has 0 aliphatic heterocycles. The fraction of sp³-hybridized carbons (Fsp3) is 0.111. The van der Waals surface area contributed by atoms with Crippen molar-refractivity contribution in [3.05, 3.63) is 59.2 Å². The van der Waals surface area contributed by atoms with Crippen molar-refractivity contribution in [2.45, 2.75) is 5.22 Å². The highest BCUT2D eigenvalue weighted by Crippen LogP contribution is 2.27. The van der Waals surface area contributed by atoms with E-state index in [1.807, 2.05) is 36.4 Å². The average Bonchev–Trinajstić information content (AvgIpc) is 3.10. The van der Waals surface area contributed by atoms with Gasteiger partial charge in [0.25, 0.3) is 5.22 Å². The summed E-state index contributed by atoms with van der Waals surface area (Å²) >= 11 is 4.64. The second-order valence-corrected chi connectivity index (χ2v) is 6.88. The highest BCUT2D eigenvalue weighted by Gasteiger charge is 2.11. The van der Waals surface area contributed by atoms with Crippen LogP contribution in [-0.4, -0.2) is 23.8 Å². The Morgan fingerprint density at radius 2 is 2.00 bits per heavy atom. The van der Waals surface area contributed by atoms with Crippen LogP contribution in [0.25, 0.3) is 11.3 Å². The minimum absolute atomic E-state index is 0.155. The van der Waals surface area contributed by atoms with Crippen LogP contribution in [-0.2, 0) is 4.79 Å². The number of oxazole rings is 1. The summed E-state index contributed by atoms with van der Waals surface area (Å²) in [5, 5.41) is 3.27. The lowest BCUT2D eigenvalue weighted by atomic mass is 10.2. The van der Waals surface area contributed by atoms with Gasteiger partial charge in [0.1, 0.15) is 5.75 Å². The van der Waals surface area contributed by atoms with E-state index in [2.05, 4.69) is 26.2 Å². The van der Waals surface area contributed by atoms with E-state index >= 15 is 0 Å². The maximum atomic E-state index is 12.1. The number of halogens is 1. The number of amides is 1. The summed E-state index contributed by atoms with van der Waals surface area (Å²) in [4.78, 5) is 16.3. The molecule has 0 saturated carbocycles. The molecule has 7 heteroatoms. The first-order valence-electron chi connectivity index (χ1n) is 7.43. The molecule has 0 aliphatic rings. The molecule has 25 heavy (non-hydrogen) atoms. The maximum Gasteiger partial charge on any atom is 0.256 e. The molecule has 1 heterocycles. The summed E-state index contributed by atoms with van der Waals surface area (Å²) in [5.41, 5.74) is 1.57. The van der Waals surface area contributed by atoms with Crippen molar-refractivity contribution < 1.29 is 13.9 Å². The van der Waals surface area contributed by atoms with Gasteiger partial charge < -0.3 is 14.5 Å². The van der Waals surface area contributed by atoms with E-state index in [-0.39, 0.29) is 11.7 Å². The van der Waals surface area contributed by atoms with Crippen molar-refractivity contribution in [2.75, 3.05) is 18.2 Å². The summed E-state index contributed by atoms with van der Waals surface area (Å²) in [5.74, 6) is 1.32. The monoisotopic (exact) mass is 418 g/mol. The van der Waals surface area contributed by atoms with Crippen LogP contribution >= 0.6 is 27.7 Å². The number of benzene rings is 2. The topological polar surface area (TPSA) is 64.4 Å². The lowest BCUT2D eigenvalue weighted by Gasteiger charge is -2.08. The number of methoxy groups -OCH3 is 1. The molecule has 0 saturated heterocycles. The molecular formula is C18H15BrN2O3S. The highest BCUT2D eigenvalue weighted by molar-refractivity contribution is 9.10. The molecule has 1 amide bonds. The third-order valence-corrected chi connectivity index (χ3v) is 4.69. The van der Waals surface area contributed by atoms with Gasteiger partial charge in [-0.2, -0.15) is 0 Å². The standard InChI is InChI=1S/C18H15BrN2O3S/c1-23-15-5-3-2-4-14(15)21-17(22)11-25-18-20-10-16(24-18)12-6-8-13(19)9-7-12/h2-10H,11H2,1H3,(H,21,22). The van der Waals surface area contributed by atoms with Crippen molar-refractivity contribution in [1.82, 2.24) is 4.98 Å². The number of ether oxygens (including phenoxy) is 1. The van der Waals surface area contributed by atoms with Gasteiger partial charge in [-0.05, 0) is 24.3 Å². The average molecular weight is 419 g/mol. The molecule has 128 valence electrons. The Morgan fingerprint density at radius 1 is 1.24 bits per heavy atom. The van der Waals surface area contributed by atoms with Crippen molar-refractivity contribution in [3.63, 3.8) is 0 Å². The summed E-state index contributed by atoms with van der Waals surface area (Å²) in [6.45, 7) is 0. The smallest absolute Gasteiger partial charge is 0.256 e. The molecule has 0 spiro atoms. The Morgan fingerprint density at radius 3 is 2.76 bits per heavy atom. The van der Waals surface area contributed by atoms with Crippen molar-refractivity contribution in [2.24, 2.45) is 0 Å². The molecule has 5 nitrogen and oxygen atoms in total. The van der Waals surface area contributed by atoms with Crippen LogP contribution in [0.4, 0.5) is 5.69 Å². The summed E-state index contributed by atoms with van der Waals surface area (Å²) in [6, 6.07) is 15.0. The molecule has 3 aromatic rings.